The predicted octanol–water partition coefficient (Wildman–Crippen LogP) is 4.21. The van der Waals surface area contributed by atoms with Gasteiger partial charge in [-0.15, -0.1) is 0 Å². The van der Waals surface area contributed by atoms with Crippen molar-refractivity contribution in [1.29, 1.82) is 0 Å². The van der Waals surface area contributed by atoms with Crippen LogP contribution >= 0.6 is 0 Å². The van der Waals surface area contributed by atoms with E-state index in [1.54, 1.807) is 5.56 Å². The van der Waals surface area contributed by atoms with Crippen LogP contribution in [0.2, 0.25) is 0 Å². The highest BCUT2D eigenvalue weighted by molar-refractivity contribution is 5.21. The zero-order chi connectivity index (χ0) is 12.8. The largest absolute Gasteiger partial charge is 0.319 e. The summed E-state index contributed by atoms with van der Waals surface area (Å²) in [6.45, 7) is 3.48. The Labute approximate surface area is 112 Å². The minimum atomic E-state index is 0.768. The van der Waals surface area contributed by atoms with Crippen LogP contribution in [0, 0.1) is 11.8 Å². The van der Waals surface area contributed by atoms with Crippen molar-refractivity contribution in [3.8, 4) is 0 Å². The molecule has 0 amide bonds. The summed E-state index contributed by atoms with van der Waals surface area (Å²) in [6.07, 6.45) is 6.97. The van der Waals surface area contributed by atoms with Gasteiger partial charge in [0, 0.05) is 0 Å². The van der Waals surface area contributed by atoms with Crippen LogP contribution in [-0.4, -0.2) is 13.6 Å². The molecular weight excluding hydrogens is 218 g/mol. The van der Waals surface area contributed by atoms with E-state index in [0.717, 1.165) is 17.8 Å². The summed E-state index contributed by atoms with van der Waals surface area (Å²) in [5.74, 6) is 2.54. The maximum atomic E-state index is 3.38. The quantitative estimate of drug-likeness (QED) is 0.819. The van der Waals surface area contributed by atoms with Crippen molar-refractivity contribution in [2.75, 3.05) is 13.6 Å². The van der Waals surface area contributed by atoms with Gasteiger partial charge in [0.25, 0.3) is 0 Å². The van der Waals surface area contributed by atoms with Gasteiger partial charge in [-0.3, -0.25) is 0 Å². The molecular formula is C17H27N. The molecule has 3 unspecified atom stereocenters. The molecule has 1 aromatic rings. The second-order valence-electron chi connectivity index (χ2n) is 5.80. The molecule has 1 fully saturated rings. The van der Waals surface area contributed by atoms with Crippen LogP contribution in [0.15, 0.2) is 30.3 Å². The van der Waals surface area contributed by atoms with Gasteiger partial charge < -0.3 is 5.32 Å². The van der Waals surface area contributed by atoms with Crippen LogP contribution in [0.3, 0.4) is 0 Å². The number of hydrogen-bond acceptors (Lipinski definition) is 1. The van der Waals surface area contributed by atoms with Gasteiger partial charge >= 0.3 is 0 Å². The van der Waals surface area contributed by atoms with Crippen LogP contribution < -0.4 is 5.32 Å². The molecule has 1 heteroatoms. The number of benzene rings is 1. The lowest BCUT2D eigenvalue weighted by atomic mass is 9.70. The van der Waals surface area contributed by atoms with Gasteiger partial charge in [0.15, 0.2) is 0 Å². The van der Waals surface area contributed by atoms with E-state index in [1.165, 1.54) is 38.6 Å². The fourth-order valence-electron chi connectivity index (χ4n) is 3.61. The van der Waals surface area contributed by atoms with Crippen molar-refractivity contribution in [3.63, 3.8) is 0 Å². The molecule has 1 nitrogen and oxygen atoms in total. The second kappa shape index (κ2) is 6.94. The first-order valence-corrected chi connectivity index (χ1v) is 7.54. The van der Waals surface area contributed by atoms with Crippen LogP contribution in [0.25, 0.3) is 0 Å². The van der Waals surface area contributed by atoms with Crippen molar-refractivity contribution < 1.29 is 0 Å². The summed E-state index contributed by atoms with van der Waals surface area (Å²) < 4.78 is 0. The third kappa shape index (κ3) is 3.35. The molecule has 1 N–H and O–H groups in total. The maximum Gasteiger partial charge on any atom is -0.00177 e. The summed E-state index contributed by atoms with van der Waals surface area (Å²) in [7, 11) is 2.08. The van der Waals surface area contributed by atoms with E-state index in [4.69, 9.17) is 0 Å². The molecule has 100 valence electrons. The van der Waals surface area contributed by atoms with Crippen LogP contribution in [0.5, 0.6) is 0 Å². The Balaban J connectivity index is 2.09. The second-order valence-corrected chi connectivity index (χ2v) is 5.80. The lowest BCUT2D eigenvalue weighted by molar-refractivity contribution is 0.223. The fourth-order valence-corrected chi connectivity index (χ4v) is 3.61. The Kier molecular flexibility index (Phi) is 5.25. The minimum absolute atomic E-state index is 0.768. The minimum Gasteiger partial charge on any atom is -0.319 e. The fraction of sp³-hybridized carbons (Fsp3) is 0.647. The lowest BCUT2D eigenvalue weighted by Crippen LogP contribution is -2.30. The number of hydrogen-bond donors (Lipinski definition) is 1. The molecule has 0 aliphatic heterocycles. The van der Waals surface area contributed by atoms with Crippen molar-refractivity contribution >= 4 is 0 Å². The van der Waals surface area contributed by atoms with E-state index in [0.29, 0.717) is 0 Å². The first-order valence-electron chi connectivity index (χ1n) is 7.54. The van der Waals surface area contributed by atoms with Crippen LogP contribution in [0.4, 0.5) is 0 Å². The highest BCUT2D eigenvalue weighted by atomic mass is 14.8. The van der Waals surface area contributed by atoms with Crippen LogP contribution in [0.1, 0.15) is 50.5 Å². The van der Waals surface area contributed by atoms with Gasteiger partial charge in [0.1, 0.15) is 0 Å². The summed E-state index contributed by atoms with van der Waals surface area (Å²) in [5, 5.41) is 3.38. The molecule has 18 heavy (non-hydrogen) atoms. The van der Waals surface area contributed by atoms with E-state index in [1.807, 2.05) is 0 Å². The topological polar surface area (TPSA) is 12.0 Å². The van der Waals surface area contributed by atoms with Gasteiger partial charge in [-0.1, -0.05) is 56.5 Å². The van der Waals surface area contributed by atoms with E-state index >= 15 is 0 Å². The highest BCUT2D eigenvalue weighted by Crippen LogP contribution is 2.41. The standard InChI is InChI=1S/C17H27N/c1-3-7-14-10-11-16(13-18-2)17(12-14)15-8-5-4-6-9-15/h4-6,8-9,14,16-18H,3,7,10-13H2,1-2H3. The Morgan fingerprint density at radius 3 is 2.61 bits per heavy atom. The first kappa shape index (κ1) is 13.6. The third-order valence-electron chi connectivity index (χ3n) is 4.49. The molecule has 1 aromatic carbocycles. The molecule has 1 aliphatic carbocycles. The monoisotopic (exact) mass is 245 g/mol. The number of rotatable bonds is 5. The normalized spacial score (nSPS) is 28.2. The molecule has 0 bridgehead atoms. The molecule has 0 spiro atoms. The average molecular weight is 245 g/mol. The average Bonchev–Trinajstić information content (AvgIpc) is 2.42. The third-order valence-corrected chi connectivity index (χ3v) is 4.49. The zero-order valence-corrected chi connectivity index (χ0v) is 11.9. The molecule has 3 atom stereocenters. The Bertz CT molecular complexity index is 333. The highest BCUT2D eigenvalue weighted by Gasteiger charge is 2.30. The smallest absolute Gasteiger partial charge is 0.00177 e. The van der Waals surface area contributed by atoms with Gasteiger partial charge in [0.2, 0.25) is 0 Å². The van der Waals surface area contributed by atoms with E-state index in [2.05, 4.69) is 49.6 Å². The number of nitrogens with one attached hydrogen (secondary N) is 1. The molecule has 2 rings (SSSR count). The zero-order valence-electron chi connectivity index (χ0n) is 11.9. The van der Waals surface area contributed by atoms with Crippen molar-refractivity contribution in [1.82, 2.24) is 5.32 Å². The maximum absolute atomic E-state index is 3.38. The molecule has 0 saturated heterocycles. The SMILES string of the molecule is CCCC1CCC(CNC)C(c2ccccc2)C1. The molecule has 0 radical (unpaired) electrons. The van der Waals surface area contributed by atoms with Gasteiger partial charge in [-0.25, -0.2) is 0 Å². The molecule has 1 aliphatic rings. The van der Waals surface area contributed by atoms with Gasteiger partial charge in [-0.2, -0.15) is 0 Å². The molecule has 0 heterocycles. The predicted molar refractivity (Wildman–Crippen MR) is 78.8 cm³/mol. The molecule has 1 saturated carbocycles. The van der Waals surface area contributed by atoms with E-state index < -0.39 is 0 Å². The lowest BCUT2D eigenvalue weighted by Gasteiger charge is -2.36. The molecule has 0 aromatic heterocycles. The Hall–Kier alpha value is -0.820. The first-order chi connectivity index (χ1) is 8.85. The Morgan fingerprint density at radius 1 is 1.17 bits per heavy atom. The van der Waals surface area contributed by atoms with Crippen LogP contribution in [-0.2, 0) is 0 Å². The summed E-state index contributed by atoms with van der Waals surface area (Å²) >= 11 is 0. The summed E-state index contributed by atoms with van der Waals surface area (Å²) in [6, 6.07) is 11.1. The van der Waals surface area contributed by atoms with Gasteiger partial charge in [-0.05, 0) is 49.8 Å². The van der Waals surface area contributed by atoms with Crippen molar-refractivity contribution in [2.24, 2.45) is 11.8 Å². The summed E-state index contributed by atoms with van der Waals surface area (Å²) in [4.78, 5) is 0. The van der Waals surface area contributed by atoms with Gasteiger partial charge in [0.05, 0.1) is 0 Å². The Morgan fingerprint density at radius 2 is 1.94 bits per heavy atom. The van der Waals surface area contributed by atoms with Crippen molar-refractivity contribution in [3.05, 3.63) is 35.9 Å². The van der Waals surface area contributed by atoms with Crippen molar-refractivity contribution in [2.45, 2.75) is 44.9 Å². The summed E-state index contributed by atoms with van der Waals surface area (Å²) in [5.41, 5.74) is 1.55. The van der Waals surface area contributed by atoms with E-state index in [9.17, 15) is 0 Å². The van der Waals surface area contributed by atoms with E-state index in [-0.39, 0.29) is 0 Å².